The number of benzene rings is 2. The van der Waals surface area contributed by atoms with E-state index in [9.17, 15) is 9.59 Å². The van der Waals surface area contributed by atoms with Gasteiger partial charge in [-0.2, -0.15) is 0 Å². The maximum atomic E-state index is 12.6. The molecule has 0 saturated carbocycles. The van der Waals surface area contributed by atoms with Gasteiger partial charge < -0.3 is 15.2 Å². The molecule has 0 unspecified atom stereocenters. The highest BCUT2D eigenvalue weighted by atomic mass is 32.2. The van der Waals surface area contributed by atoms with Gasteiger partial charge in [-0.05, 0) is 44.0 Å². The number of rotatable bonds is 7. The third kappa shape index (κ3) is 5.07. The van der Waals surface area contributed by atoms with Gasteiger partial charge in [-0.15, -0.1) is 10.2 Å². The molecule has 0 fully saturated rings. The highest BCUT2D eigenvalue weighted by Crippen LogP contribution is 2.20. The SMILES string of the molecule is Cc1ccccc1NC(=O)CSc1nnc([C@H](C)NC(=O)c2ccccc2C)n1C. The van der Waals surface area contributed by atoms with Crippen LogP contribution in [0.25, 0.3) is 0 Å². The maximum absolute atomic E-state index is 12.6. The number of amides is 2. The average Bonchev–Trinajstić information content (AvgIpc) is 3.09. The molecule has 156 valence electrons. The molecule has 0 aliphatic carbocycles. The first-order chi connectivity index (χ1) is 14.4. The molecule has 3 rings (SSSR count). The van der Waals surface area contributed by atoms with E-state index in [-0.39, 0.29) is 23.6 Å². The zero-order valence-corrected chi connectivity index (χ0v) is 18.3. The molecule has 1 atom stereocenters. The van der Waals surface area contributed by atoms with Crippen molar-refractivity contribution < 1.29 is 9.59 Å². The first-order valence-corrected chi connectivity index (χ1v) is 10.6. The van der Waals surface area contributed by atoms with E-state index >= 15 is 0 Å². The molecule has 0 spiro atoms. The monoisotopic (exact) mass is 423 g/mol. The Hall–Kier alpha value is -3.13. The highest BCUT2D eigenvalue weighted by molar-refractivity contribution is 7.99. The minimum atomic E-state index is -0.329. The van der Waals surface area contributed by atoms with Crippen LogP contribution in [0, 0.1) is 13.8 Å². The summed E-state index contributed by atoms with van der Waals surface area (Å²) in [5.74, 6) is 0.568. The molecular formula is C22H25N5O2S. The van der Waals surface area contributed by atoms with Gasteiger partial charge in [0.2, 0.25) is 5.91 Å². The van der Waals surface area contributed by atoms with Gasteiger partial charge in [-0.3, -0.25) is 9.59 Å². The standard InChI is InChI=1S/C22H25N5O2S/c1-14-9-5-7-11-17(14)21(29)23-16(3)20-25-26-22(27(20)4)30-13-19(28)24-18-12-8-6-10-15(18)2/h5-12,16H,13H2,1-4H3,(H,23,29)(H,24,28)/t16-/m0/s1. The number of nitrogens with zero attached hydrogens (tertiary/aromatic N) is 3. The lowest BCUT2D eigenvalue weighted by molar-refractivity contribution is -0.113. The van der Waals surface area contributed by atoms with Gasteiger partial charge in [0.05, 0.1) is 11.8 Å². The number of aromatic nitrogens is 3. The second-order valence-corrected chi connectivity index (χ2v) is 8.00. The van der Waals surface area contributed by atoms with Gasteiger partial charge >= 0.3 is 0 Å². The van der Waals surface area contributed by atoms with Crippen molar-refractivity contribution in [1.82, 2.24) is 20.1 Å². The lowest BCUT2D eigenvalue weighted by Crippen LogP contribution is -2.29. The van der Waals surface area contributed by atoms with E-state index in [1.807, 2.05) is 70.3 Å². The Bertz CT molecular complexity index is 1060. The second-order valence-electron chi connectivity index (χ2n) is 7.06. The number of para-hydroxylation sites is 1. The Morgan fingerprint density at radius 2 is 1.70 bits per heavy atom. The van der Waals surface area contributed by atoms with E-state index in [2.05, 4.69) is 20.8 Å². The van der Waals surface area contributed by atoms with Crippen molar-refractivity contribution in [3.8, 4) is 0 Å². The van der Waals surface area contributed by atoms with Gasteiger partial charge in [-0.1, -0.05) is 48.2 Å². The van der Waals surface area contributed by atoms with Crippen LogP contribution in [0.1, 0.15) is 40.3 Å². The van der Waals surface area contributed by atoms with Gasteiger partial charge in [-0.25, -0.2) is 0 Å². The molecule has 0 bridgehead atoms. The first kappa shape index (κ1) is 21.6. The molecule has 7 nitrogen and oxygen atoms in total. The van der Waals surface area contributed by atoms with Crippen LogP contribution in [0.15, 0.2) is 53.7 Å². The lowest BCUT2D eigenvalue weighted by atomic mass is 10.1. The normalized spacial score (nSPS) is 11.7. The molecule has 8 heteroatoms. The van der Waals surface area contributed by atoms with Crippen LogP contribution < -0.4 is 10.6 Å². The van der Waals surface area contributed by atoms with E-state index in [1.54, 1.807) is 10.6 Å². The summed E-state index contributed by atoms with van der Waals surface area (Å²) in [5, 5.41) is 14.9. The minimum absolute atomic E-state index is 0.111. The van der Waals surface area contributed by atoms with Crippen molar-refractivity contribution in [2.24, 2.45) is 7.05 Å². The van der Waals surface area contributed by atoms with E-state index in [0.29, 0.717) is 16.5 Å². The summed E-state index contributed by atoms with van der Waals surface area (Å²) in [6, 6.07) is 14.7. The fourth-order valence-electron chi connectivity index (χ4n) is 3.03. The van der Waals surface area contributed by atoms with Gasteiger partial charge in [0.25, 0.3) is 5.91 Å². The molecule has 0 aliphatic heterocycles. The van der Waals surface area contributed by atoms with Crippen molar-refractivity contribution in [2.45, 2.75) is 32.0 Å². The van der Waals surface area contributed by atoms with Crippen molar-refractivity contribution in [1.29, 1.82) is 0 Å². The summed E-state index contributed by atoms with van der Waals surface area (Å²) in [7, 11) is 1.83. The average molecular weight is 424 g/mol. The predicted octanol–water partition coefficient (Wildman–Crippen LogP) is 3.65. The van der Waals surface area contributed by atoms with Crippen LogP contribution in [0.4, 0.5) is 5.69 Å². The molecule has 1 aromatic heterocycles. The van der Waals surface area contributed by atoms with Crippen LogP contribution in [0.5, 0.6) is 0 Å². The smallest absolute Gasteiger partial charge is 0.252 e. The summed E-state index contributed by atoms with van der Waals surface area (Å²) in [6.07, 6.45) is 0. The molecular weight excluding hydrogens is 398 g/mol. The topological polar surface area (TPSA) is 88.9 Å². The largest absolute Gasteiger partial charge is 0.342 e. The summed E-state index contributed by atoms with van der Waals surface area (Å²) in [5.41, 5.74) is 3.36. The maximum Gasteiger partial charge on any atom is 0.252 e. The number of carbonyl (C=O) groups excluding carboxylic acids is 2. The molecule has 1 heterocycles. The Labute approximate surface area is 180 Å². The summed E-state index contributed by atoms with van der Waals surface area (Å²) in [4.78, 5) is 24.8. The van der Waals surface area contributed by atoms with Crippen LogP contribution in [0.2, 0.25) is 0 Å². The van der Waals surface area contributed by atoms with E-state index in [4.69, 9.17) is 0 Å². The molecule has 30 heavy (non-hydrogen) atoms. The Morgan fingerprint density at radius 3 is 2.40 bits per heavy atom. The number of aryl methyl sites for hydroxylation is 2. The molecule has 2 N–H and O–H groups in total. The van der Waals surface area contributed by atoms with Gasteiger partial charge in [0.1, 0.15) is 0 Å². The Morgan fingerprint density at radius 1 is 1.03 bits per heavy atom. The molecule has 0 radical (unpaired) electrons. The van der Waals surface area contributed by atoms with Crippen LogP contribution in [-0.2, 0) is 11.8 Å². The van der Waals surface area contributed by atoms with Crippen molar-refractivity contribution in [3.05, 3.63) is 71.0 Å². The van der Waals surface area contributed by atoms with E-state index in [0.717, 1.165) is 16.8 Å². The third-order valence-electron chi connectivity index (χ3n) is 4.74. The molecule has 2 amide bonds. The second kappa shape index (κ2) is 9.58. The van der Waals surface area contributed by atoms with Gasteiger partial charge in [0, 0.05) is 18.3 Å². The molecule has 3 aromatic rings. The fraction of sp³-hybridized carbons (Fsp3) is 0.273. The third-order valence-corrected chi connectivity index (χ3v) is 5.76. The fourth-order valence-corrected chi connectivity index (χ4v) is 3.74. The molecule has 0 aliphatic rings. The number of hydrogen-bond acceptors (Lipinski definition) is 5. The highest BCUT2D eigenvalue weighted by Gasteiger charge is 2.19. The number of nitrogens with one attached hydrogen (secondary N) is 2. The summed E-state index contributed by atoms with van der Waals surface area (Å²) < 4.78 is 1.80. The van der Waals surface area contributed by atoms with Crippen molar-refractivity contribution in [3.63, 3.8) is 0 Å². The Balaban J connectivity index is 1.60. The van der Waals surface area contributed by atoms with E-state index in [1.165, 1.54) is 11.8 Å². The summed E-state index contributed by atoms with van der Waals surface area (Å²) in [6.45, 7) is 5.71. The molecule has 0 saturated heterocycles. The lowest BCUT2D eigenvalue weighted by Gasteiger charge is -2.14. The van der Waals surface area contributed by atoms with Crippen LogP contribution in [0.3, 0.4) is 0 Å². The predicted molar refractivity (Wildman–Crippen MR) is 119 cm³/mol. The van der Waals surface area contributed by atoms with Crippen LogP contribution in [-0.4, -0.2) is 32.3 Å². The number of carbonyl (C=O) groups is 2. The zero-order valence-electron chi connectivity index (χ0n) is 17.5. The van der Waals surface area contributed by atoms with E-state index < -0.39 is 0 Å². The van der Waals surface area contributed by atoms with Crippen molar-refractivity contribution in [2.75, 3.05) is 11.1 Å². The first-order valence-electron chi connectivity index (χ1n) is 9.61. The minimum Gasteiger partial charge on any atom is -0.342 e. The quantitative estimate of drug-likeness (QED) is 0.566. The number of anilines is 1. The Kier molecular flexibility index (Phi) is 6.89. The number of thioether (sulfide) groups is 1. The van der Waals surface area contributed by atoms with Crippen molar-refractivity contribution >= 4 is 29.3 Å². The summed E-state index contributed by atoms with van der Waals surface area (Å²) >= 11 is 1.30. The van der Waals surface area contributed by atoms with Crippen LogP contribution >= 0.6 is 11.8 Å². The zero-order chi connectivity index (χ0) is 21.7. The number of hydrogen-bond donors (Lipinski definition) is 2. The molecule has 2 aromatic carbocycles. The van der Waals surface area contributed by atoms with Gasteiger partial charge in [0.15, 0.2) is 11.0 Å².